The molecule has 3 aromatic carbocycles. The van der Waals surface area contributed by atoms with Gasteiger partial charge in [0.1, 0.15) is 5.82 Å². The Morgan fingerprint density at radius 1 is 0.857 bits per heavy atom. The summed E-state index contributed by atoms with van der Waals surface area (Å²) in [5.41, 5.74) is 0.931. The highest BCUT2D eigenvalue weighted by Crippen LogP contribution is 2.30. The van der Waals surface area contributed by atoms with Crippen molar-refractivity contribution in [3.63, 3.8) is 0 Å². The minimum absolute atomic E-state index is 0.0602. The summed E-state index contributed by atoms with van der Waals surface area (Å²) in [4.78, 5) is 53.0. The zero-order valence-electron chi connectivity index (χ0n) is 22.4. The maximum atomic E-state index is 13.8. The van der Waals surface area contributed by atoms with Crippen molar-refractivity contribution in [1.29, 1.82) is 0 Å². The molecule has 1 heterocycles. The van der Waals surface area contributed by atoms with E-state index in [2.05, 4.69) is 10.6 Å². The van der Waals surface area contributed by atoms with Crippen LogP contribution in [0.1, 0.15) is 38.7 Å². The fraction of sp³-hybridized carbons (Fsp3) is 0.241. The number of piperazine rings is 1. The number of hydrogen-bond donors (Lipinski definition) is 3. The van der Waals surface area contributed by atoms with Crippen molar-refractivity contribution >= 4 is 35.3 Å². The van der Waals surface area contributed by atoms with Gasteiger partial charge in [0.2, 0.25) is 0 Å². The first-order chi connectivity index (χ1) is 20.0. The summed E-state index contributed by atoms with van der Waals surface area (Å²) < 4.78 is 45.4. The van der Waals surface area contributed by atoms with Gasteiger partial charge in [0.05, 0.1) is 30.9 Å². The van der Waals surface area contributed by atoms with Gasteiger partial charge in [-0.1, -0.05) is 12.1 Å². The SMILES string of the molecule is COC(=O)N1CCN(c2ccc(C(=O)NC(CC(=O)O)c3ccc(F)cc3)cc2NC(=O)c2ccc(F)c(F)c2)CC1. The number of carbonyl (C=O) groups excluding carboxylic acids is 3. The molecule has 0 aromatic heterocycles. The molecule has 1 fully saturated rings. The molecule has 0 radical (unpaired) electrons. The summed E-state index contributed by atoms with van der Waals surface area (Å²) in [7, 11) is 1.28. The number of carboxylic acid groups (broad SMARTS) is 1. The molecule has 13 heteroatoms. The topological polar surface area (TPSA) is 128 Å². The van der Waals surface area contributed by atoms with Crippen molar-refractivity contribution < 1.29 is 42.2 Å². The Hall–Kier alpha value is -5.07. The Balaban J connectivity index is 1.63. The Kier molecular flexibility index (Phi) is 9.30. The molecule has 3 N–H and O–H groups in total. The predicted octanol–water partition coefficient (Wildman–Crippen LogP) is 4.19. The summed E-state index contributed by atoms with van der Waals surface area (Å²) in [5.74, 6) is -5.48. The fourth-order valence-electron chi connectivity index (χ4n) is 4.51. The van der Waals surface area contributed by atoms with Crippen molar-refractivity contribution in [1.82, 2.24) is 10.2 Å². The normalized spacial score (nSPS) is 13.7. The average molecular weight is 585 g/mol. The molecule has 1 atom stereocenters. The Morgan fingerprint density at radius 2 is 1.50 bits per heavy atom. The van der Waals surface area contributed by atoms with E-state index in [0.29, 0.717) is 37.4 Å². The molecule has 0 saturated carbocycles. The van der Waals surface area contributed by atoms with Crippen LogP contribution in [0.15, 0.2) is 60.7 Å². The van der Waals surface area contributed by atoms with Gasteiger partial charge in [-0.3, -0.25) is 14.4 Å². The minimum atomic E-state index is -1.21. The van der Waals surface area contributed by atoms with E-state index in [4.69, 9.17) is 4.74 Å². The van der Waals surface area contributed by atoms with Crippen molar-refractivity contribution in [3.05, 3.63) is 94.8 Å². The number of aliphatic carboxylic acids is 1. The molecule has 3 aromatic rings. The Bertz CT molecular complexity index is 1490. The third kappa shape index (κ3) is 7.16. The van der Waals surface area contributed by atoms with Gasteiger partial charge in [-0.25, -0.2) is 18.0 Å². The van der Waals surface area contributed by atoms with E-state index in [1.807, 2.05) is 4.90 Å². The first kappa shape index (κ1) is 29.9. The number of halogens is 3. The van der Waals surface area contributed by atoms with E-state index in [0.717, 1.165) is 30.3 Å². The van der Waals surface area contributed by atoms with Crippen LogP contribution in [0.25, 0.3) is 0 Å². The summed E-state index contributed by atoms with van der Waals surface area (Å²) in [5, 5.41) is 14.6. The second kappa shape index (κ2) is 13.1. The number of methoxy groups -OCH3 is 1. The predicted molar refractivity (Wildman–Crippen MR) is 146 cm³/mol. The minimum Gasteiger partial charge on any atom is -0.481 e. The van der Waals surface area contributed by atoms with E-state index >= 15 is 0 Å². The maximum Gasteiger partial charge on any atom is 0.409 e. The van der Waals surface area contributed by atoms with Crippen LogP contribution < -0.4 is 15.5 Å². The quantitative estimate of drug-likeness (QED) is 0.362. The molecule has 1 aliphatic rings. The first-order valence-corrected chi connectivity index (χ1v) is 12.8. The summed E-state index contributed by atoms with van der Waals surface area (Å²) in [6.45, 7) is 1.36. The van der Waals surface area contributed by atoms with E-state index in [1.54, 1.807) is 6.07 Å². The second-order valence-electron chi connectivity index (χ2n) is 9.43. The molecule has 220 valence electrons. The van der Waals surface area contributed by atoms with Gasteiger partial charge in [0.25, 0.3) is 11.8 Å². The molecule has 42 heavy (non-hydrogen) atoms. The number of nitrogens with zero attached hydrogens (tertiary/aromatic N) is 2. The van der Waals surface area contributed by atoms with Crippen LogP contribution >= 0.6 is 0 Å². The van der Waals surface area contributed by atoms with E-state index in [9.17, 15) is 37.5 Å². The lowest BCUT2D eigenvalue weighted by Gasteiger charge is -2.36. The van der Waals surface area contributed by atoms with E-state index in [1.165, 1.54) is 36.3 Å². The molecular formula is C29H27F3N4O6. The number of anilines is 2. The summed E-state index contributed by atoms with van der Waals surface area (Å²) in [6.07, 6.45) is -0.953. The standard InChI is InChI=1S/C29H27F3N4O6/c1-42-29(41)36-12-10-35(11-13-36)25-9-5-19(15-24(25)34-27(39)18-4-8-21(31)22(32)14-18)28(40)33-23(16-26(37)38)17-2-6-20(30)7-3-17/h2-9,14-15,23H,10-13,16H2,1H3,(H,33,40)(H,34,39)(H,37,38). The molecule has 1 saturated heterocycles. The van der Waals surface area contributed by atoms with Crippen molar-refractivity contribution in [2.45, 2.75) is 12.5 Å². The lowest BCUT2D eigenvalue weighted by atomic mass is 10.0. The van der Waals surface area contributed by atoms with Gasteiger partial charge in [-0.15, -0.1) is 0 Å². The summed E-state index contributed by atoms with van der Waals surface area (Å²) in [6, 6.07) is 11.2. The number of carbonyl (C=O) groups is 4. The molecule has 10 nitrogen and oxygen atoms in total. The van der Waals surface area contributed by atoms with Gasteiger partial charge >= 0.3 is 12.1 Å². The molecule has 3 amide bonds. The molecule has 0 aliphatic carbocycles. The van der Waals surface area contributed by atoms with Gasteiger partial charge in [-0.2, -0.15) is 0 Å². The van der Waals surface area contributed by atoms with Gasteiger partial charge < -0.3 is 30.3 Å². The Morgan fingerprint density at radius 3 is 2.12 bits per heavy atom. The Labute approximate surface area is 238 Å². The largest absolute Gasteiger partial charge is 0.481 e. The number of hydrogen-bond acceptors (Lipinski definition) is 6. The monoisotopic (exact) mass is 584 g/mol. The van der Waals surface area contributed by atoms with Crippen molar-refractivity contribution in [2.75, 3.05) is 43.5 Å². The van der Waals surface area contributed by atoms with Crippen LogP contribution in [0.2, 0.25) is 0 Å². The second-order valence-corrected chi connectivity index (χ2v) is 9.43. The molecule has 1 unspecified atom stereocenters. The van der Waals surface area contributed by atoms with Crippen LogP contribution in [0.3, 0.4) is 0 Å². The maximum absolute atomic E-state index is 13.8. The van der Waals surface area contributed by atoms with Crippen LogP contribution in [-0.2, 0) is 9.53 Å². The van der Waals surface area contributed by atoms with Crippen LogP contribution in [-0.4, -0.2) is 67.2 Å². The smallest absolute Gasteiger partial charge is 0.409 e. The van der Waals surface area contributed by atoms with Gasteiger partial charge in [0, 0.05) is 37.3 Å². The number of ether oxygens (including phenoxy) is 1. The highest BCUT2D eigenvalue weighted by molar-refractivity contribution is 6.07. The van der Waals surface area contributed by atoms with Crippen LogP contribution in [0.4, 0.5) is 29.3 Å². The molecular weight excluding hydrogens is 557 g/mol. The van der Waals surface area contributed by atoms with Gasteiger partial charge in [0.15, 0.2) is 11.6 Å². The van der Waals surface area contributed by atoms with E-state index < -0.39 is 53.8 Å². The van der Waals surface area contributed by atoms with Gasteiger partial charge in [-0.05, 0) is 54.1 Å². The highest BCUT2D eigenvalue weighted by Gasteiger charge is 2.25. The number of nitrogens with one attached hydrogen (secondary N) is 2. The number of carboxylic acids is 1. The number of amides is 3. The van der Waals surface area contributed by atoms with Crippen LogP contribution in [0, 0.1) is 17.5 Å². The molecule has 1 aliphatic heterocycles. The van der Waals surface area contributed by atoms with Crippen molar-refractivity contribution in [2.24, 2.45) is 0 Å². The molecule has 0 spiro atoms. The third-order valence-electron chi connectivity index (χ3n) is 6.70. The zero-order chi connectivity index (χ0) is 30.4. The third-order valence-corrected chi connectivity index (χ3v) is 6.70. The van der Waals surface area contributed by atoms with E-state index in [-0.39, 0.29) is 16.8 Å². The fourth-order valence-corrected chi connectivity index (χ4v) is 4.51. The average Bonchev–Trinajstić information content (AvgIpc) is 2.98. The number of rotatable bonds is 8. The van der Waals surface area contributed by atoms with Crippen LogP contribution in [0.5, 0.6) is 0 Å². The lowest BCUT2D eigenvalue weighted by molar-refractivity contribution is -0.137. The highest BCUT2D eigenvalue weighted by atomic mass is 19.2. The summed E-state index contributed by atoms with van der Waals surface area (Å²) >= 11 is 0. The van der Waals surface area contributed by atoms with Crippen molar-refractivity contribution in [3.8, 4) is 0 Å². The first-order valence-electron chi connectivity index (χ1n) is 12.8. The molecule has 0 bridgehead atoms. The zero-order valence-corrected chi connectivity index (χ0v) is 22.4. The number of benzene rings is 3. The lowest BCUT2D eigenvalue weighted by Crippen LogP contribution is -2.49. The molecule has 4 rings (SSSR count).